The minimum atomic E-state index is 1.14. The SMILES string of the molecule is CN=C(c1ccc(N(C)C)cc1)N1CCCCC1. The summed E-state index contributed by atoms with van der Waals surface area (Å²) in [6.07, 6.45) is 3.93. The summed E-state index contributed by atoms with van der Waals surface area (Å²) >= 11 is 0. The van der Waals surface area contributed by atoms with Gasteiger partial charge in [-0.2, -0.15) is 0 Å². The van der Waals surface area contributed by atoms with Crippen molar-refractivity contribution in [1.29, 1.82) is 0 Å². The number of benzene rings is 1. The van der Waals surface area contributed by atoms with Gasteiger partial charge in [-0.25, -0.2) is 0 Å². The molecule has 0 amide bonds. The third-order valence-corrected chi connectivity index (χ3v) is 3.51. The molecule has 1 fully saturated rings. The summed E-state index contributed by atoms with van der Waals surface area (Å²) in [6, 6.07) is 8.66. The lowest BCUT2D eigenvalue weighted by atomic mass is 10.1. The number of likely N-dealkylation sites (tertiary alicyclic amines) is 1. The maximum Gasteiger partial charge on any atom is 0.130 e. The molecule has 1 saturated heterocycles. The van der Waals surface area contributed by atoms with Gasteiger partial charge in [0.25, 0.3) is 0 Å². The Balaban J connectivity index is 2.17. The molecule has 1 aromatic rings. The highest BCUT2D eigenvalue weighted by molar-refractivity contribution is 5.99. The van der Waals surface area contributed by atoms with Crippen molar-refractivity contribution >= 4 is 11.5 Å². The summed E-state index contributed by atoms with van der Waals surface area (Å²) in [7, 11) is 6.02. The second-order valence-corrected chi connectivity index (χ2v) is 5.04. The van der Waals surface area contributed by atoms with Crippen LogP contribution < -0.4 is 4.90 Å². The van der Waals surface area contributed by atoms with Gasteiger partial charge in [0.05, 0.1) is 0 Å². The van der Waals surface area contributed by atoms with Gasteiger partial charge in [0.1, 0.15) is 5.84 Å². The van der Waals surface area contributed by atoms with Crippen LogP contribution in [0.4, 0.5) is 5.69 Å². The van der Waals surface area contributed by atoms with E-state index in [1.807, 2.05) is 7.05 Å². The van der Waals surface area contributed by atoms with Crippen LogP contribution >= 0.6 is 0 Å². The van der Waals surface area contributed by atoms with Crippen molar-refractivity contribution in [3.05, 3.63) is 29.8 Å². The number of amidine groups is 1. The zero-order valence-electron chi connectivity index (χ0n) is 11.7. The van der Waals surface area contributed by atoms with Crippen molar-refractivity contribution in [3.63, 3.8) is 0 Å². The smallest absolute Gasteiger partial charge is 0.130 e. The molecule has 0 aromatic heterocycles. The Hall–Kier alpha value is -1.51. The molecule has 0 N–H and O–H groups in total. The van der Waals surface area contributed by atoms with Gasteiger partial charge in [0.2, 0.25) is 0 Å². The molecule has 98 valence electrons. The van der Waals surface area contributed by atoms with Gasteiger partial charge >= 0.3 is 0 Å². The van der Waals surface area contributed by atoms with Crippen molar-refractivity contribution in [2.24, 2.45) is 4.99 Å². The highest BCUT2D eigenvalue weighted by Gasteiger charge is 2.15. The molecule has 3 nitrogen and oxygen atoms in total. The van der Waals surface area contributed by atoms with E-state index in [0.717, 1.165) is 18.9 Å². The van der Waals surface area contributed by atoms with Gasteiger partial charge < -0.3 is 9.80 Å². The first-order chi connectivity index (χ1) is 8.72. The molecule has 1 aliphatic heterocycles. The minimum Gasteiger partial charge on any atom is -0.378 e. The summed E-state index contributed by atoms with van der Waals surface area (Å²) in [5, 5.41) is 0. The summed E-state index contributed by atoms with van der Waals surface area (Å²) in [5.74, 6) is 1.14. The minimum absolute atomic E-state index is 1.14. The fraction of sp³-hybridized carbons (Fsp3) is 0.533. The number of piperidine rings is 1. The highest BCUT2D eigenvalue weighted by Crippen LogP contribution is 2.17. The molecule has 1 aromatic carbocycles. The molecular weight excluding hydrogens is 222 g/mol. The average Bonchev–Trinajstić information content (AvgIpc) is 2.41. The second kappa shape index (κ2) is 5.89. The van der Waals surface area contributed by atoms with Crippen LogP contribution in [0.5, 0.6) is 0 Å². The van der Waals surface area contributed by atoms with Gasteiger partial charge in [-0.1, -0.05) is 0 Å². The molecule has 0 spiro atoms. The fourth-order valence-electron chi connectivity index (χ4n) is 2.47. The van der Waals surface area contributed by atoms with E-state index in [1.54, 1.807) is 0 Å². The normalized spacial score (nSPS) is 16.8. The first kappa shape index (κ1) is 12.9. The summed E-state index contributed by atoms with van der Waals surface area (Å²) in [4.78, 5) is 9.01. The number of rotatable bonds is 2. The quantitative estimate of drug-likeness (QED) is 0.589. The van der Waals surface area contributed by atoms with E-state index >= 15 is 0 Å². The first-order valence-corrected chi connectivity index (χ1v) is 6.72. The molecule has 1 heterocycles. The molecule has 0 unspecified atom stereocenters. The van der Waals surface area contributed by atoms with E-state index < -0.39 is 0 Å². The van der Waals surface area contributed by atoms with E-state index in [2.05, 4.69) is 53.2 Å². The Labute approximate surface area is 110 Å². The van der Waals surface area contributed by atoms with Crippen molar-refractivity contribution in [3.8, 4) is 0 Å². The monoisotopic (exact) mass is 245 g/mol. The van der Waals surface area contributed by atoms with Crippen molar-refractivity contribution in [2.75, 3.05) is 39.1 Å². The largest absolute Gasteiger partial charge is 0.378 e. The summed E-state index contributed by atoms with van der Waals surface area (Å²) in [6.45, 7) is 2.28. The van der Waals surface area contributed by atoms with E-state index in [9.17, 15) is 0 Å². The zero-order chi connectivity index (χ0) is 13.0. The number of hydrogen-bond donors (Lipinski definition) is 0. The Morgan fingerprint density at radius 3 is 2.17 bits per heavy atom. The van der Waals surface area contributed by atoms with Crippen LogP contribution in [0, 0.1) is 0 Å². The Bertz CT molecular complexity index is 400. The molecule has 0 saturated carbocycles. The van der Waals surface area contributed by atoms with Crippen LogP contribution in [0.15, 0.2) is 29.3 Å². The molecule has 18 heavy (non-hydrogen) atoms. The van der Waals surface area contributed by atoms with E-state index in [4.69, 9.17) is 0 Å². The van der Waals surface area contributed by atoms with Crippen LogP contribution in [0.1, 0.15) is 24.8 Å². The van der Waals surface area contributed by atoms with Gasteiger partial charge in [-0.3, -0.25) is 4.99 Å². The molecule has 0 radical (unpaired) electrons. The zero-order valence-corrected chi connectivity index (χ0v) is 11.7. The molecule has 0 atom stereocenters. The lowest BCUT2D eigenvalue weighted by Crippen LogP contribution is -2.36. The number of nitrogens with zero attached hydrogens (tertiary/aromatic N) is 3. The standard InChI is InChI=1S/C15H23N3/c1-16-15(18-11-5-4-6-12-18)13-7-9-14(10-8-13)17(2)3/h7-10H,4-6,11-12H2,1-3H3. The maximum absolute atomic E-state index is 4.49. The van der Waals surface area contributed by atoms with Gasteiger partial charge in [0, 0.05) is 45.5 Å². The Kier molecular flexibility index (Phi) is 4.24. The molecule has 3 heteroatoms. The van der Waals surface area contributed by atoms with Crippen molar-refractivity contribution in [1.82, 2.24) is 4.90 Å². The molecule has 0 aliphatic carbocycles. The van der Waals surface area contributed by atoms with Gasteiger partial charge in [-0.05, 0) is 43.5 Å². The Morgan fingerprint density at radius 1 is 1.06 bits per heavy atom. The van der Waals surface area contributed by atoms with Crippen LogP contribution in [0.25, 0.3) is 0 Å². The lowest BCUT2D eigenvalue weighted by molar-refractivity contribution is 0.342. The predicted molar refractivity (Wildman–Crippen MR) is 78.7 cm³/mol. The topological polar surface area (TPSA) is 18.8 Å². The van der Waals surface area contributed by atoms with Gasteiger partial charge in [0.15, 0.2) is 0 Å². The number of hydrogen-bond acceptors (Lipinski definition) is 2. The predicted octanol–water partition coefficient (Wildman–Crippen LogP) is 2.61. The van der Waals surface area contributed by atoms with E-state index in [0.29, 0.717) is 0 Å². The number of anilines is 1. The van der Waals surface area contributed by atoms with Crippen molar-refractivity contribution in [2.45, 2.75) is 19.3 Å². The van der Waals surface area contributed by atoms with Crippen molar-refractivity contribution < 1.29 is 0 Å². The molecule has 1 aliphatic rings. The third kappa shape index (κ3) is 2.84. The van der Waals surface area contributed by atoms with Crippen LogP contribution in [-0.2, 0) is 0 Å². The second-order valence-electron chi connectivity index (χ2n) is 5.04. The third-order valence-electron chi connectivity index (χ3n) is 3.51. The lowest BCUT2D eigenvalue weighted by Gasteiger charge is -2.30. The van der Waals surface area contributed by atoms with Crippen LogP contribution in [0.2, 0.25) is 0 Å². The van der Waals surface area contributed by atoms with Gasteiger partial charge in [-0.15, -0.1) is 0 Å². The van der Waals surface area contributed by atoms with Crippen LogP contribution in [-0.4, -0.2) is 45.0 Å². The highest BCUT2D eigenvalue weighted by atomic mass is 15.2. The molecular formula is C15H23N3. The summed E-state index contributed by atoms with van der Waals surface area (Å²) in [5.41, 5.74) is 2.46. The molecule has 0 bridgehead atoms. The van der Waals surface area contributed by atoms with E-state index in [1.165, 1.54) is 30.5 Å². The van der Waals surface area contributed by atoms with E-state index in [-0.39, 0.29) is 0 Å². The summed E-state index contributed by atoms with van der Waals surface area (Å²) < 4.78 is 0. The average molecular weight is 245 g/mol. The fourth-order valence-corrected chi connectivity index (χ4v) is 2.47. The van der Waals surface area contributed by atoms with Crippen LogP contribution in [0.3, 0.4) is 0 Å². The maximum atomic E-state index is 4.49. The molecule has 2 rings (SSSR count). The first-order valence-electron chi connectivity index (χ1n) is 6.72. The number of aliphatic imine (C=N–C) groups is 1. The Morgan fingerprint density at radius 2 is 1.67 bits per heavy atom.